The van der Waals surface area contributed by atoms with Gasteiger partial charge in [-0.1, -0.05) is 12.2 Å². The lowest BCUT2D eigenvalue weighted by Crippen LogP contribution is -1.93. The van der Waals surface area contributed by atoms with Gasteiger partial charge in [0.15, 0.2) is 0 Å². The van der Waals surface area contributed by atoms with E-state index in [2.05, 4.69) is 0 Å². The van der Waals surface area contributed by atoms with Crippen molar-refractivity contribution >= 4 is 0 Å². The summed E-state index contributed by atoms with van der Waals surface area (Å²) in [6, 6.07) is 0. The number of hydrogen-bond acceptors (Lipinski definition) is 0. The third-order valence-electron chi connectivity index (χ3n) is 1.46. The largest absolute Gasteiger partial charge is 0.242 e. The quantitative estimate of drug-likeness (QED) is 0.428. The highest BCUT2D eigenvalue weighted by Crippen LogP contribution is 2.40. The normalized spacial score (nSPS) is 43.3. The molecule has 7 heavy (non-hydrogen) atoms. The smallest absolute Gasteiger partial charge is 0.129 e. The predicted molar refractivity (Wildman–Crippen MR) is 25.6 cm³/mol. The van der Waals surface area contributed by atoms with E-state index in [0.29, 0.717) is 0 Å². The van der Waals surface area contributed by atoms with E-state index in [-0.39, 0.29) is 5.92 Å². The molecule has 1 heteroatoms. The Morgan fingerprint density at radius 2 is 2.43 bits per heavy atom. The van der Waals surface area contributed by atoms with Crippen LogP contribution < -0.4 is 0 Å². The summed E-state index contributed by atoms with van der Waals surface area (Å²) in [7, 11) is 0. The minimum Gasteiger partial charge on any atom is -0.242 e. The summed E-state index contributed by atoms with van der Waals surface area (Å²) in [5.41, 5.74) is 1.19. The van der Waals surface area contributed by atoms with Crippen LogP contribution in [0.4, 0.5) is 4.39 Å². The molecule has 1 unspecified atom stereocenters. The zero-order valence-corrected chi connectivity index (χ0v) is 3.76. The Morgan fingerprint density at radius 3 is 2.57 bits per heavy atom. The molecule has 2 atom stereocenters. The number of fused-ring (bicyclic) bond motifs is 1. The Kier molecular flexibility index (Phi) is 0.394. The van der Waals surface area contributed by atoms with Gasteiger partial charge in [0.05, 0.1) is 0 Å². The maximum Gasteiger partial charge on any atom is 0.129 e. The number of rotatable bonds is 0. The topological polar surface area (TPSA) is 0 Å². The van der Waals surface area contributed by atoms with E-state index >= 15 is 0 Å². The lowest BCUT2D eigenvalue weighted by Gasteiger charge is -1.89. The Morgan fingerprint density at radius 1 is 1.57 bits per heavy atom. The number of allylic oxidation sites excluding steroid dienone is 4. The fraction of sp³-hybridized carbons (Fsp3) is 0.333. The van der Waals surface area contributed by atoms with Gasteiger partial charge < -0.3 is 0 Å². The summed E-state index contributed by atoms with van der Waals surface area (Å²) in [4.78, 5) is 0. The summed E-state index contributed by atoms with van der Waals surface area (Å²) in [6.07, 6.45) is 4.73. The molecule has 0 amide bonds. The molecule has 0 saturated heterocycles. The van der Waals surface area contributed by atoms with Crippen LogP contribution in [0.25, 0.3) is 0 Å². The molecule has 0 N–H and O–H groups in total. The molecule has 0 aliphatic heterocycles. The van der Waals surface area contributed by atoms with E-state index in [0.717, 1.165) is 0 Å². The molecule has 0 aromatic carbocycles. The van der Waals surface area contributed by atoms with Crippen molar-refractivity contribution in [2.24, 2.45) is 5.92 Å². The minimum atomic E-state index is -0.685. The third-order valence-corrected chi connectivity index (χ3v) is 1.46. The van der Waals surface area contributed by atoms with Crippen LogP contribution in [-0.2, 0) is 0 Å². The molecule has 2 rings (SSSR count). The molecule has 0 radical (unpaired) electrons. The Balaban J connectivity index is 2.31. The van der Waals surface area contributed by atoms with Crippen molar-refractivity contribution in [2.75, 3.05) is 0 Å². The monoisotopic (exact) mass is 96.0 g/mol. The molecule has 36 valence electrons. The Labute approximate surface area is 41.3 Å². The molecule has 0 bridgehead atoms. The molecule has 0 spiro atoms. The Hall–Kier alpha value is -0.590. The van der Waals surface area contributed by atoms with Crippen LogP contribution >= 0.6 is 0 Å². The standard InChI is InChI=1S/C6H5F/c7-6-2-1-4-3-5(4)6/h1-3,5-6H/t5?,6-/m1/s1. The zero-order valence-electron chi connectivity index (χ0n) is 3.76. The van der Waals surface area contributed by atoms with Crippen LogP contribution in [0.3, 0.4) is 0 Å². The van der Waals surface area contributed by atoms with Gasteiger partial charge in [-0.15, -0.1) is 0 Å². The maximum atomic E-state index is 12.2. The first-order valence-corrected chi connectivity index (χ1v) is 2.42. The highest BCUT2D eigenvalue weighted by atomic mass is 19.1. The summed E-state index contributed by atoms with van der Waals surface area (Å²) >= 11 is 0. The van der Waals surface area contributed by atoms with Gasteiger partial charge in [0.2, 0.25) is 0 Å². The first kappa shape index (κ1) is 3.42. The van der Waals surface area contributed by atoms with Crippen LogP contribution in [0.15, 0.2) is 23.8 Å². The molecule has 0 aromatic rings. The Bertz CT molecular complexity index is 156. The molecular weight excluding hydrogens is 91.1 g/mol. The van der Waals surface area contributed by atoms with Gasteiger partial charge in [-0.05, 0) is 11.6 Å². The van der Waals surface area contributed by atoms with E-state index in [9.17, 15) is 4.39 Å². The van der Waals surface area contributed by atoms with Gasteiger partial charge in [0, 0.05) is 5.92 Å². The highest BCUT2D eigenvalue weighted by Gasteiger charge is 2.34. The summed E-state index contributed by atoms with van der Waals surface area (Å²) in [5.74, 6) is 0.194. The molecule has 2 aliphatic rings. The summed E-state index contributed by atoms with van der Waals surface area (Å²) in [5, 5.41) is 0. The van der Waals surface area contributed by atoms with Crippen molar-refractivity contribution in [3.8, 4) is 0 Å². The second-order valence-corrected chi connectivity index (χ2v) is 2.00. The lowest BCUT2D eigenvalue weighted by molar-refractivity contribution is 0.382. The third kappa shape index (κ3) is 0.303. The van der Waals surface area contributed by atoms with E-state index in [1.165, 1.54) is 5.57 Å². The second kappa shape index (κ2) is 0.808. The van der Waals surface area contributed by atoms with Gasteiger partial charge in [-0.3, -0.25) is 0 Å². The molecule has 0 heterocycles. The fourth-order valence-corrected chi connectivity index (χ4v) is 0.924. The van der Waals surface area contributed by atoms with Crippen LogP contribution in [0, 0.1) is 5.92 Å². The maximum absolute atomic E-state index is 12.2. The lowest BCUT2D eigenvalue weighted by atomic mass is 10.3. The predicted octanol–water partition coefficient (Wildman–Crippen LogP) is 1.45. The molecular formula is C6H5F. The SMILES string of the molecule is F[C@@H]1C=CC2=CC21. The van der Waals surface area contributed by atoms with E-state index in [4.69, 9.17) is 0 Å². The van der Waals surface area contributed by atoms with Crippen LogP contribution in [-0.4, -0.2) is 6.17 Å². The second-order valence-electron chi connectivity index (χ2n) is 2.00. The average Bonchev–Trinajstić information content (AvgIpc) is 2.33. The van der Waals surface area contributed by atoms with Gasteiger partial charge >= 0.3 is 0 Å². The number of hydrogen-bond donors (Lipinski definition) is 0. The first-order valence-electron chi connectivity index (χ1n) is 2.42. The van der Waals surface area contributed by atoms with Crippen LogP contribution in [0.1, 0.15) is 0 Å². The van der Waals surface area contributed by atoms with Gasteiger partial charge in [0.25, 0.3) is 0 Å². The average molecular weight is 96.1 g/mol. The fourth-order valence-electron chi connectivity index (χ4n) is 0.924. The van der Waals surface area contributed by atoms with Crippen molar-refractivity contribution in [3.63, 3.8) is 0 Å². The molecule has 0 saturated carbocycles. The number of halogens is 1. The van der Waals surface area contributed by atoms with E-state index < -0.39 is 6.17 Å². The number of alkyl halides is 1. The summed E-state index contributed by atoms with van der Waals surface area (Å²) < 4.78 is 12.2. The summed E-state index contributed by atoms with van der Waals surface area (Å²) in [6.45, 7) is 0. The van der Waals surface area contributed by atoms with Crippen molar-refractivity contribution in [1.29, 1.82) is 0 Å². The zero-order chi connectivity index (χ0) is 4.85. The van der Waals surface area contributed by atoms with E-state index in [1.54, 1.807) is 6.08 Å². The van der Waals surface area contributed by atoms with Gasteiger partial charge in [-0.2, -0.15) is 0 Å². The van der Waals surface area contributed by atoms with Crippen LogP contribution in [0.5, 0.6) is 0 Å². The van der Waals surface area contributed by atoms with Crippen molar-refractivity contribution < 1.29 is 4.39 Å². The van der Waals surface area contributed by atoms with Crippen molar-refractivity contribution in [2.45, 2.75) is 6.17 Å². The first-order chi connectivity index (χ1) is 3.38. The van der Waals surface area contributed by atoms with Crippen molar-refractivity contribution in [3.05, 3.63) is 23.8 Å². The van der Waals surface area contributed by atoms with Crippen LogP contribution in [0.2, 0.25) is 0 Å². The van der Waals surface area contributed by atoms with Gasteiger partial charge in [0.1, 0.15) is 6.17 Å². The van der Waals surface area contributed by atoms with E-state index in [1.807, 2.05) is 12.2 Å². The van der Waals surface area contributed by atoms with Crippen molar-refractivity contribution in [1.82, 2.24) is 0 Å². The molecule has 0 aromatic heterocycles. The molecule has 0 fully saturated rings. The minimum absolute atomic E-state index is 0.194. The molecule has 0 nitrogen and oxygen atoms in total. The van der Waals surface area contributed by atoms with Gasteiger partial charge in [-0.25, -0.2) is 4.39 Å². The molecule has 2 aliphatic carbocycles. The highest BCUT2D eigenvalue weighted by molar-refractivity contribution is 5.47.